The van der Waals surface area contributed by atoms with Crippen LogP contribution in [0.5, 0.6) is 17.2 Å². The van der Waals surface area contributed by atoms with Gasteiger partial charge in [-0.15, -0.1) is 11.3 Å². The minimum absolute atomic E-state index is 0.0535. The number of hydrogen-bond donors (Lipinski definition) is 2. The largest absolute Gasteiger partial charge is 0.488 e. The third-order valence-corrected chi connectivity index (χ3v) is 10.3. The van der Waals surface area contributed by atoms with Crippen molar-refractivity contribution in [3.63, 3.8) is 0 Å². The number of sulfonamides is 1. The van der Waals surface area contributed by atoms with E-state index in [1.165, 1.54) is 12.1 Å². The van der Waals surface area contributed by atoms with Crippen molar-refractivity contribution < 1.29 is 27.8 Å². The van der Waals surface area contributed by atoms with Gasteiger partial charge in [-0.1, -0.05) is 43.3 Å². The van der Waals surface area contributed by atoms with Crippen LogP contribution in [-0.4, -0.2) is 68.1 Å². The first-order valence-electron chi connectivity index (χ1n) is 14.4. The lowest BCUT2D eigenvalue weighted by molar-refractivity contribution is 0.0341. The molecule has 0 bridgehead atoms. The molecule has 1 amide bonds. The van der Waals surface area contributed by atoms with E-state index in [0.717, 1.165) is 28.4 Å². The number of rotatable bonds is 11. The first-order chi connectivity index (χ1) is 21.1. The summed E-state index contributed by atoms with van der Waals surface area (Å²) in [4.78, 5) is 17.5. The molecular formula is C33H37N3O6S2. The molecule has 0 aliphatic carbocycles. The zero-order valence-corrected chi connectivity index (χ0v) is 26.6. The highest BCUT2D eigenvalue weighted by molar-refractivity contribution is 7.94. The van der Waals surface area contributed by atoms with Crippen molar-refractivity contribution in [1.29, 1.82) is 0 Å². The summed E-state index contributed by atoms with van der Waals surface area (Å²) in [5.41, 5.74) is 1.61. The average molecular weight is 636 g/mol. The predicted molar refractivity (Wildman–Crippen MR) is 172 cm³/mol. The van der Waals surface area contributed by atoms with Crippen molar-refractivity contribution in [1.82, 2.24) is 9.80 Å². The minimum atomic E-state index is -3.80. The molecule has 0 saturated heterocycles. The van der Waals surface area contributed by atoms with Crippen LogP contribution in [0.4, 0.5) is 5.69 Å². The Morgan fingerprint density at radius 2 is 1.80 bits per heavy atom. The van der Waals surface area contributed by atoms with Crippen LogP contribution in [0.2, 0.25) is 0 Å². The van der Waals surface area contributed by atoms with Gasteiger partial charge in [0.05, 0.1) is 18.2 Å². The van der Waals surface area contributed by atoms with Crippen LogP contribution in [0.3, 0.4) is 0 Å². The number of benzene rings is 3. The second kappa shape index (κ2) is 13.8. The molecule has 3 aromatic carbocycles. The Labute approximate surface area is 262 Å². The Morgan fingerprint density at radius 1 is 1.07 bits per heavy atom. The van der Waals surface area contributed by atoms with Crippen molar-refractivity contribution in [3.8, 4) is 17.2 Å². The fraction of sp³-hybridized carbons (Fsp3) is 0.303. The van der Waals surface area contributed by atoms with Crippen LogP contribution in [0.15, 0.2) is 94.5 Å². The first-order valence-corrected chi connectivity index (χ1v) is 16.8. The maximum atomic E-state index is 13.7. The third-order valence-electron chi connectivity index (χ3n) is 7.52. The Kier molecular flexibility index (Phi) is 9.90. The number of ether oxygens (including phenoxy) is 2. The van der Waals surface area contributed by atoms with Crippen molar-refractivity contribution in [2.75, 3.05) is 31.5 Å². The van der Waals surface area contributed by atoms with Gasteiger partial charge in [0.1, 0.15) is 27.6 Å². The van der Waals surface area contributed by atoms with Gasteiger partial charge in [0.2, 0.25) is 0 Å². The van der Waals surface area contributed by atoms with Gasteiger partial charge >= 0.3 is 0 Å². The molecule has 0 fully saturated rings. The summed E-state index contributed by atoms with van der Waals surface area (Å²) in [5.74, 6) is 1.54. The van der Waals surface area contributed by atoms with E-state index in [4.69, 9.17) is 9.47 Å². The Hall–Kier alpha value is -3.90. The van der Waals surface area contributed by atoms with Crippen molar-refractivity contribution in [3.05, 3.63) is 101 Å². The fourth-order valence-corrected chi connectivity index (χ4v) is 7.14. The molecule has 232 valence electrons. The molecule has 4 aromatic rings. The number of aliphatic hydroxyl groups excluding tert-OH is 1. The topological polar surface area (TPSA) is 108 Å². The summed E-state index contributed by atoms with van der Waals surface area (Å²) in [5, 5.41) is 11.6. The van der Waals surface area contributed by atoms with E-state index in [0.29, 0.717) is 25.4 Å². The third kappa shape index (κ3) is 7.59. The number of fused-ring (bicyclic) bond motifs is 1. The lowest BCUT2D eigenvalue weighted by atomic mass is 9.99. The molecule has 11 heteroatoms. The number of nitrogens with one attached hydrogen (secondary N) is 1. The number of hydrogen-bond acceptors (Lipinski definition) is 8. The molecule has 0 saturated carbocycles. The fourth-order valence-electron chi connectivity index (χ4n) is 5.10. The molecule has 1 aromatic heterocycles. The summed E-state index contributed by atoms with van der Waals surface area (Å²) in [6.45, 7) is 5.24. The molecule has 1 aliphatic heterocycles. The number of thiophene rings is 1. The highest BCUT2D eigenvalue weighted by atomic mass is 32.2. The summed E-state index contributed by atoms with van der Waals surface area (Å²) in [6, 6.07) is 25.1. The van der Waals surface area contributed by atoms with E-state index in [9.17, 15) is 18.3 Å². The van der Waals surface area contributed by atoms with E-state index in [1.807, 2.05) is 68.6 Å². The maximum absolute atomic E-state index is 13.7. The summed E-state index contributed by atoms with van der Waals surface area (Å²) >= 11 is 1.11. The molecule has 5 rings (SSSR count). The average Bonchev–Trinajstić information content (AvgIpc) is 3.57. The highest BCUT2D eigenvalue weighted by Crippen LogP contribution is 2.32. The van der Waals surface area contributed by atoms with Crippen LogP contribution < -0.4 is 14.2 Å². The first kappa shape index (κ1) is 31.5. The standard InChI is InChI=1S/C33H37N3O6S2/c1-23-19-36(24(2)22-37)33(38)29-18-26(34-44(39,40)32-10-7-17-43-32)13-16-30(29)42-31(23)21-35(3)20-25-11-14-28(15-12-25)41-27-8-5-4-6-9-27/h4-18,23-24,31,34,37H,19-22H2,1-3H3/t23-,24-,31+/m1/s1. The molecular weight excluding hydrogens is 599 g/mol. The number of aliphatic hydroxyl groups is 1. The van der Waals surface area contributed by atoms with Crippen LogP contribution in [-0.2, 0) is 16.6 Å². The van der Waals surface area contributed by atoms with Crippen LogP contribution in [0.1, 0.15) is 29.8 Å². The smallest absolute Gasteiger partial charge is 0.271 e. The number of carbonyl (C=O) groups is 1. The minimum Gasteiger partial charge on any atom is -0.488 e. The number of likely N-dealkylation sites (N-methyl/N-ethyl adjacent to an activating group) is 1. The van der Waals surface area contributed by atoms with E-state index in [-0.39, 0.29) is 40.0 Å². The van der Waals surface area contributed by atoms with Gasteiger partial charge in [0, 0.05) is 31.2 Å². The summed E-state index contributed by atoms with van der Waals surface area (Å²) in [6.07, 6.45) is -0.283. The predicted octanol–water partition coefficient (Wildman–Crippen LogP) is 5.69. The molecule has 3 atom stereocenters. The van der Waals surface area contributed by atoms with E-state index in [2.05, 4.69) is 9.62 Å². The molecule has 44 heavy (non-hydrogen) atoms. The molecule has 9 nitrogen and oxygen atoms in total. The lowest BCUT2D eigenvalue weighted by Crippen LogP contribution is -2.49. The Balaban J connectivity index is 1.33. The van der Waals surface area contributed by atoms with Gasteiger partial charge in [0.15, 0.2) is 0 Å². The number of nitrogens with zero attached hydrogens (tertiary/aromatic N) is 2. The number of carbonyl (C=O) groups excluding carboxylic acids is 1. The van der Waals surface area contributed by atoms with Gasteiger partial charge in [-0.05, 0) is 73.4 Å². The van der Waals surface area contributed by atoms with Crippen LogP contribution in [0, 0.1) is 5.92 Å². The second-order valence-electron chi connectivity index (χ2n) is 11.1. The molecule has 0 unspecified atom stereocenters. The lowest BCUT2D eigenvalue weighted by Gasteiger charge is -2.38. The normalized spacial score (nSPS) is 17.8. The van der Waals surface area contributed by atoms with Gasteiger partial charge in [0.25, 0.3) is 15.9 Å². The Morgan fingerprint density at radius 3 is 2.48 bits per heavy atom. The summed E-state index contributed by atoms with van der Waals surface area (Å²) < 4.78 is 40.8. The zero-order chi connectivity index (χ0) is 31.3. The Bertz CT molecular complexity index is 1650. The quantitative estimate of drug-likeness (QED) is 0.218. The number of anilines is 1. The van der Waals surface area contributed by atoms with Crippen LogP contribution >= 0.6 is 11.3 Å². The maximum Gasteiger partial charge on any atom is 0.271 e. The second-order valence-corrected chi connectivity index (χ2v) is 14.0. The monoisotopic (exact) mass is 635 g/mol. The molecule has 0 radical (unpaired) electrons. The van der Waals surface area contributed by atoms with Crippen molar-refractivity contribution in [2.45, 2.75) is 36.7 Å². The van der Waals surface area contributed by atoms with Gasteiger partial charge in [-0.2, -0.15) is 0 Å². The summed E-state index contributed by atoms with van der Waals surface area (Å²) in [7, 11) is -1.78. The highest BCUT2D eigenvalue weighted by Gasteiger charge is 2.34. The van der Waals surface area contributed by atoms with Crippen molar-refractivity contribution in [2.24, 2.45) is 5.92 Å². The van der Waals surface area contributed by atoms with E-state index < -0.39 is 16.1 Å². The van der Waals surface area contributed by atoms with Gasteiger partial charge in [-0.25, -0.2) is 8.42 Å². The SMILES string of the molecule is C[C@@H]1CN([C@H](C)CO)C(=O)c2cc(NS(=O)(=O)c3cccs3)ccc2O[C@H]1CN(C)Cc1ccc(Oc2ccccc2)cc1. The number of para-hydroxylation sites is 1. The number of amides is 1. The van der Waals surface area contributed by atoms with Crippen LogP contribution in [0.25, 0.3) is 0 Å². The van der Waals surface area contributed by atoms with E-state index in [1.54, 1.807) is 35.4 Å². The van der Waals surface area contributed by atoms with E-state index >= 15 is 0 Å². The zero-order valence-electron chi connectivity index (χ0n) is 24.9. The molecule has 0 spiro atoms. The van der Waals surface area contributed by atoms with Gasteiger partial charge in [-0.3, -0.25) is 14.4 Å². The molecule has 2 heterocycles. The van der Waals surface area contributed by atoms with Gasteiger partial charge < -0.3 is 19.5 Å². The molecule has 2 N–H and O–H groups in total. The van der Waals surface area contributed by atoms with Crippen molar-refractivity contribution >= 4 is 33.0 Å². The molecule has 1 aliphatic rings.